The third kappa shape index (κ3) is 2.81. The van der Waals surface area contributed by atoms with Crippen LogP contribution in [0.4, 0.5) is 0 Å². The van der Waals surface area contributed by atoms with Gasteiger partial charge in [-0.05, 0) is 23.8 Å². The van der Waals surface area contributed by atoms with E-state index in [9.17, 15) is 4.79 Å². The molecule has 2 heteroatoms. The molecule has 0 fully saturated rings. The van der Waals surface area contributed by atoms with Gasteiger partial charge in [-0.3, -0.25) is 4.79 Å². The SMILES string of the molecule is CC(C)(C)c1ccc(C(=O)C2=COCCC2)cc1. The molecule has 0 spiro atoms. The lowest BCUT2D eigenvalue weighted by Crippen LogP contribution is -2.12. The maximum Gasteiger partial charge on any atom is 0.192 e. The van der Waals surface area contributed by atoms with E-state index in [0.29, 0.717) is 0 Å². The number of rotatable bonds is 2. The summed E-state index contributed by atoms with van der Waals surface area (Å²) in [6.07, 6.45) is 3.36. The van der Waals surface area contributed by atoms with Crippen molar-refractivity contribution in [3.8, 4) is 0 Å². The van der Waals surface area contributed by atoms with Gasteiger partial charge >= 0.3 is 0 Å². The topological polar surface area (TPSA) is 26.3 Å². The Hall–Kier alpha value is -1.57. The molecule has 0 radical (unpaired) electrons. The summed E-state index contributed by atoms with van der Waals surface area (Å²) in [4.78, 5) is 12.2. The maximum atomic E-state index is 12.2. The third-order valence-corrected chi connectivity index (χ3v) is 3.24. The number of hydrogen-bond acceptors (Lipinski definition) is 2. The molecule has 1 aliphatic rings. The highest BCUT2D eigenvalue weighted by Gasteiger charge is 2.17. The van der Waals surface area contributed by atoms with E-state index < -0.39 is 0 Å². The van der Waals surface area contributed by atoms with Crippen molar-refractivity contribution in [2.24, 2.45) is 0 Å². The lowest BCUT2D eigenvalue weighted by Gasteiger charge is -2.19. The van der Waals surface area contributed by atoms with Gasteiger partial charge in [0.25, 0.3) is 0 Å². The minimum atomic E-state index is 0.0927. The molecule has 0 atom stereocenters. The van der Waals surface area contributed by atoms with Crippen LogP contribution < -0.4 is 0 Å². The van der Waals surface area contributed by atoms with Crippen molar-refractivity contribution in [1.29, 1.82) is 0 Å². The molecule has 2 nitrogen and oxygen atoms in total. The van der Waals surface area contributed by atoms with Crippen LogP contribution in [0.5, 0.6) is 0 Å². The van der Waals surface area contributed by atoms with Gasteiger partial charge < -0.3 is 4.74 Å². The Labute approximate surface area is 109 Å². The summed E-state index contributed by atoms with van der Waals surface area (Å²) >= 11 is 0. The van der Waals surface area contributed by atoms with E-state index in [1.165, 1.54) is 5.56 Å². The Kier molecular flexibility index (Phi) is 3.55. The highest BCUT2D eigenvalue weighted by Crippen LogP contribution is 2.24. The summed E-state index contributed by atoms with van der Waals surface area (Å²) in [5.41, 5.74) is 2.90. The first-order chi connectivity index (χ1) is 8.48. The molecule has 1 aromatic rings. The molecule has 0 saturated carbocycles. The van der Waals surface area contributed by atoms with E-state index in [0.717, 1.165) is 30.6 Å². The van der Waals surface area contributed by atoms with Crippen molar-refractivity contribution in [1.82, 2.24) is 0 Å². The van der Waals surface area contributed by atoms with Gasteiger partial charge in [0, 0.05) is 11.1 Å². The average molecular weight is 244 g/mol. The second kappa shape index (κ2) is 4.97. The fourth-order valence-electron chi connectivity index (χ4n) is 2.04. The fourth-order valence-corrected chi connectivity index (χ4v) is 2.04. The molecule has 0 amide bonds. The van der Waals surface area contributed by atoms with Crippen molar-refractivity contribution in [3.63, 3.8) is 0 Å². The molecular formula is C16H20O2. The van der Waals surface area contributed by atoms with Crippen LogP contribution in [0.1, 0.15) is 49.5 Å². The summed E-state index contributed by atoms with van der Waals surface area (Å²) in [6.45, 7) is 7.23. The Morgan fingerprint density at radius 3 is 2.33 bits per heavy atom. The first-order valence-electron chi connectivity index (χ1n) is 6.44. The fraction of sp³-hybridized carbons (Fsp3) is 0.438. The lowest BCUT2D eigenvalue weighted by atomic mass is 9.86. The van der Waals surface area contributed by atoms with Gasteiger partial charge in [-0.2, -0.15) is 0 Å². The number of allylic oxidation sites excluding steroid dienone is 1. The predicted octanol–water partition coefficient (Wildman–Crippen LogP) is 3.86. The van der Waals surface area contributed by atoms with Gasteiger partial charge in [-0.25, -0.2) is 0 Å². The number of carbonyl (C=O) groups excluding carboxylic acids is 1. The smallest absolute Gasteiger partial charge is 0.192 e. The second-order valence-electron chi connectivity index (χ2n) is 5.77. The molecular weight excluding hydrogens is 224 g/mol. The summed E-state index contributed by atoms with van der Waals surface area (Å²) in [7, 11) is 0. The zero-order chi connectivity index (χ0) is 13.2. The first-order valence-corrected chi connectivity index (χ1v) is 6.44. The van der Waals surface area contributed by atoms with E-state index in [1.807, 2.05) is 24.3 Å². The molecule has 0 N–H and O–H groups in total. The summed E-state index contributed by atoms with van der Waals surface area (Å²) < 4.78 is 5.22. The Balaban J connectivity index is 2.19. The van der Waals surface area contributed by atoms with E-state index in [2.05, 4.69) is 20.8 Å². The van der Waals surface area contributed by atoms with Gasteiger partial charge in [0.1, 0.15) is 0 Å². The Bertz CT molecular complexity index is 461. The summed E-state index contributed by atoms with van der Waals surface area (Å²) in [5.74, 6) is 0.0927. The van der Waals surface area contributed by atoms with E-state index in [-0.39, 0.29) is 11.2 Å². The Morgan fingerprint density at radius 1 is 1.17 bits per heavy atom. The predicted molar refractivity (Wildman–Crippen MR) is 72.7 cm³/mol. The van der Waals surface area contributed by atoms with Crippen LogP contribution in [0.15, 0.2) is 36.1 Å². The number of ether oxygens (including phenoxy) is 1. The zero-order valence-corrected chi connectivity index (χ0v) is 11.3. The number of Topliss-reactive ketones (excluding diaryl/α,β-unsaturated/α-hetero) is 1. The van der Waals surface area contributed by atoms with E-state index in [1.54, 1.807) is 6.26 Å². The van der Waals surface area contributed by atoms with Crippen LogP contribution in [0.3, 0.4) is 0 Å². The molecule has 0 bridgehead atoms. The number of ketones is 1. The maximum absolute atomic E-state index is 12.2. The van der Waals surface area contributed by atoms with Crippen LogP contribution in [-0.2, 0) is 10.2 Å². The number of hydrogen-bond donors (Lipinski definition) is 0. The monoisotopic (exact) mass is 244 g/mol. The van der Waals surface area contributed by atoms with Crippen molar-refractivity contribution in [2.45, 2.75) is 39.0 Å². The minimum absolute atomic E-state index is 0.0927. The average Bonchev–Trinajstić information content (AvgIpc) is 2.38. The second-order valence-corrected chi connectivity index (χ2v) is 5.77. The van der Waals surface area contributed by atoms with Crippen LogP contribution in [0, 0.1) is 0 Å². The normalized spacial score (nSPS) is 15.8. The molecule has 18 heavy (non-hydrogen) atoms. The number of benzene rings is 1. The van der Waals surface area contributed by atoms with Crippen molar-refractivity contribution < 1.29 is 9.53 Å². The summed E-state index contributed by atoms with van der Waals surface area (Å²) in [6, 6.07) is 7.91. The van der Waals surface area contributed by atoms with Crippen LogP contribution in [0.2, 0.25) is 0 Å². The quantitative estimate of drug-likeness (QED) is 0.738. The molecule has 0 unspecified atom stereocenters. The molecule has 0 aliphatic carbocycles. The largest absolute Gasteiger partial charge is 0.501 e. The van der Waals surface area contributed by atoms with Gasteiger partial charge in [-0.15, -0.1) is 0 Å². The van der Waals surface area contributed by atoms with E-state index in [4.69, 9.17) is 4.74 Å². The molecule has 1 aliphatic heterocycles. The highest BCUT2D eigenvalue weighted by atomic mass is 16.5. The molecule has 0 aromatic heterocycles. The summed E-state index contributed by atoms with van der Waals surface area (Å²) in [5, 5.41) is 0. The van der Waals surface area contributed by atoms with Gasteiger partial charge in [-0.1, -0.05) is 45.0 Å². The lowest BCUT2D eigenvalue weighted by molar-refractivity contribution is 0.101. The minimum Gasteiger partial charge on any atom is -0.501 e. The third-order valence-electron chi connectivity index (χ3n) is 3.24. The molecule has 1 aromatic carbocycles. The van der Waals surface area contributed by atoms with E-state index >= 15 is 0 Å². The van der Waals surface area contributed by atoms with Crippen molar-refractivity contribution in [2.75, 3.05) is 6.61 Å². The molecule has 1 heterocycles. The molecule has 2 rings (SSSR count). The number of carbonyl (C=O) groups is 1. The van der Waals surface area contributed by atoms with Gasteiger partial charge in [0.2, 0.25) is 0 Å². The molecule has 96 valence electrons. The first kappa shape index (κ1) is 12.9. The van der Waals surface area contributed by atoms with Gasteiger partial charge in [0.15, 0.2) is 5.78 Å². The van der Waals surface area contributed by atoms with Crippen molar-refractivity contribution >= 4 is 5.78 Å². The highest BCUT2D eigenvalue weighted by molar-refractivity contribution is 6.08. The van der Waals surface area contributed by atoms with Crippen LogP contribution in [-0.4, -0.2) is 12.4 Å². The van der Waals surface area contributed by atoms with Crippen LogP contribution in [0.25, 0.3) is 0 Å². The Morgan fingerprint density at radius 2 is 1.83 bits per heavy atom. The molecule has 0 saturated heterocycles. The van der Waals surface area contributed by atoms with Crippen molar-refractivity contribution in [3.05, 3.63) is 47.2 Å². The van der Waals surface area contributed by atoms with Crippen LogP contribution >= 0.6 is 0 Å². The van der Waals surface area contributed by atoms with Gasteiger partial charge in [0.05, 0.1) is 12.9 Å². The standard InChI is InChI=1S/C16H20O2/c1-16(2,3)14-8-6-12(7-9-14)15(17)13-5-4-10-18-11-13/h6-9,11H,4-5,10H2,1-3H3. The zero-order valence-electron chi connectivity index (χ0n) is 11.3.